The van der Waals surface area contributed by atoms with Gasteiger partial charge in [-0.3, -0.25) is 0 Å². The highest BCUT2D eigenvalue weighted by Crippen LogP contribution is 2.10. The summed E-state index contributed by atoms with van der Waals surface area (Å²) < 4.78 is 47.3. The largest absolute Gasteiger partial charge is 0.326 e. The van der Waals surface area contributed by atoms with Crippen molar-refractivity contribution in [3.05, 3.63) is 0 Å². The smallest absolute Gasteiger partial charge is 0.212 e. The molecule has 0 amide bonds. The lowest BCUT2D eigenvalue weighted by Gasteiger charge is -2.21. The van der Waals surface area contributed by atoms with Crippen LogP contribution in [-0.2, 0) is 19.9 Å². The maximum Gasteiger partial charge on any atom is 0.212 e. The number of hydrogen-bond donors (Lipinski definition) is 2. The van der Waals surface area contributed by atoms with E-state index in [1.54, 1.807) is 0 Å². The zero-order valence-corrected chi connectivity index (χ0v) is 12.9. The zero-order chi connectivity index (χ0) is 14.4. The minimum absolute atomic E-state index is 0.151. The normalized spacial score (nSPS) is 14.9. The molecule has 0 fully saturated rings. The van der Waals surface area contributed by atoms with Crippen LogP contribution >= 0.6 is 0 Å². The van der Waals surface area contributed by atoms with Crippen molar-refractivity contribution in [1.82, 2.24) is 4.72 Å². The van der Waals surface area contributed by atoms with Crippen LogP contribution in [0.1, 0.15) is 26.7 Å². The molecule has 0 saturated carbocycles. The molecule has 0 aromatic heterocycles. The zero-order valence-electron chi connectivity index (χ0n) is 11.2. The van der Waals surface area contributed by atoms with Gasteiger partial charge in [0.15, 0.2) is 0 Å². The fourth-order valence-corrected chi connectivity index (χ4v) is 4.30. The second-order valence-electron chi connectivity index (χ2n) is 4.54. The number of nitrogens with one attached hydrogen (secondary N) is 1. The summed E-state index contributed by atoms with van der Waals surface area (Å²) in [5.41, 5.74) is 5.88. The second kappa shape index (κ2) is 7.42. The molecule has 0 bridgehead atoms. The first-order valence-electron chi connectivity index (χ1n) is 6.02. The Kier molecular flexibility index (Phi) is 7.34. The Balaban J connectivity index is 4.27. The van der Waals surface area contributed by atoms with Gasteiger partial charge in [0.1, 0.15) is 9.84 Å². The Hall–Kier alpha value is -0.180. The SMILES string of the molecule is CCC(CC)C(N)CNS(=O)(=O)CCS(C)(=O)=O. The minimum Gasteiger partial charge on any atom is -0.326 e. The highest BCUT2D eigenvalue weighted by molar-refractivity contribution is 7.93. The van der Waals surface area contributed by atoms with Crippen molar-refractivity contribution in [2.75, 3.05) is 24.3 Å². The first-order chi connectivity index (χ1) is 8.11. The molecule has 110 valence electrons. The molecule has 6 nitrogen and oxygen atoms in total. The first kappa shape index (κ1) is 17.8. The van der Waals surface area contributed by atoms with Crippen LogP contribution in [0.15, 0.2) is 0 Å². The maximum absolute atomic E-state index is 11.5. The summed E-state index contributed by atoms with van der Waals surface area (Å²) in [5, 5.41) is 0. The van der Waals surface area contributed by atoms with E-state index in [0.29, 0.717) is 0 Å². The average Bonchev–Trinajstić information content (AvgIpc) is 2.25. The number of hydrogen-bond acceptors (Lipinski definition) is 5. The third-order valence-corrected chi connectivity index (χ3v) is 5.47. The van der Waals surface area contributed by atoms with E-state index < -0.39 is 25.6 Å². The van der Waals surface area contributed by atoms with Gasteiger partial charge in [-0.1, -0.05) is 26.7 Å². The third-order valence-electron chi connectivity index (χ3n) is 2.92. The van der Waals surface area contributed by atoms with Crippen molar-refractivity contribution in [2.24, 2.45) is 11.7 Å². The molecule has 0 radical (unpaired) electrons. The molecule has 0 aliphatic heterocycles. The summed E-state index contributed by atoms with van der Waals surface area (Å²) in [4.78, 5) is 0. The van der Waals surface area contributed by atoms with Gasteiger partial charge in [0, 0.05) is 18.8 Å². The molecular weight excluding hydrogens is 276 g/mol. The summed E-state index contributed by atoms with van der Waals surface area (Å²) in [6.45, 7) is 4.16. The second-order valence-corrected chi connectivity index (χ2v) is 8.72. The summed E-state index contributed by atoms with van der Waals surface area (Å²) >= 11 is 0. The van der Waals surface area contributed by atoms with E-state index in [-0.39, 0.29) is 24.3 Å². The van der Waals surface area contributed by atoms with E-state index in [1.165, 1.54) is 0 Å². The number of nitrogens with two attached hydrogens (primary N) is 1. The summed E-state index contributed by atoms with van der Waals surface area (Å²) in [6, 6.07) is -0.243. The van der Waals surface area contributed by atoms with Crippen molar-refractivity contribution >= 4 is 19.9 Å². The van der Waals surface area contributed by atoms with Crippen LogP contribution in [0, 0.1) is 5.92 Å². The van der Waals surface area contributed by atoms with Crippen molar-refractivity contribution in [3.63, 3.8) is 0 Å². The lowest BCUT2D eigenvalue weighted by molar-refractivity contribution is 0.392. The molecule has 0 aliphatic carbocycles. The number of rotatable bonds is 9. The molecule has 0 aliphatic rings. The fourth-order valence-electron chi connectivity index (χ4n) is 1.62. The monoisotopic (exact) mass is 300 g/mol. The average molecular weight is 300 g/mol. The summed E-state index contributed by atoms with van der Waals surface area (Å²) in [5.74, 6) is -0.521. The quantitative estimate of drug-likeness (QED) is 0.609. The lowest BCUT2D eigenvalue weighted by atomic mass is 9.95. The van der Waals surface area contributed by atoms with E-state index in [1.807, 2.05) is 13.8 Å². The molecule has 0 aromatic carbocycles. The molecule has 1 atom stereocenters. The van der Waals surface area contributed by atoms with E-state index >= 15 is 0 Å². The topological polar surface area (TPSA) is 106 Å². The molecule has 0 spiro atoms. The van der Waals surface area contributed by atoms with E-state index in [2.05, 4.69) is 4.72 Å². The van der Waals surface area contributed by atoms with Crippen LogP contribution in [0.3, 0.4) is 0 Å². The molecule has 8 heteroatoms. The van der Waals surface area contributed by atoms with Gasteiger partial charge >= 0.3 is 0 Å². The molecular formula is C10H24N2O4S2. The molecule has 1 unspecified atom stereocenters. The Labute approximate surface area is 110 Å². The van der Waals surface area contributed by atoms with Crippen LogP contribution in [0.5, 0.6) is 0 Å². The minimum atomic E-state index is -3.57. The number of sulfone groups is 1. The van der Waals surface area contributed by atoms with Crippen molar-refractivity contribution in [3.8, 4) is 0 Å². The molecule has 0 heterocycles. The summed E-state index contributed by atoms with van der Waals surface area (Å²) in [6.07, 6.45) is 2.80. The third kappa shape index (κ3) is 8.02. The first-order valence-corrected chi connectivity index (χ1v) is 9.73. The van der Waals surface area contributed by atoms with Crippen molar-refractivity contribution < 1.29 is 16.8 Å². The van der Waals surface area contributed by atoms with Gasteiger partial charge in [-0.05, 0) is 5.92 Å². The Morgan fingerprint density at radius 3 is 1.94 bits per heavy atom. The highest BCUT2D eigenvalue weighted by Gasteiger charge is 2.18. The van der Waals surface area contributed by atoms with Crippen LogP contribution in [0.2, 0.25) is 0 Å². The molecule has 0 rings (SSSR count). The van der Waals surface area contributed by atoms with Gasteiger partial charge in [0.05, 0.1) is 11.5 Å². The molecule has 18 heavy (non-hydrogen) atoms. The molecule has 0 saturated heterocycles. The highest BCUT2D eigenvalue weighted by atomic mass is 32.2. The van der Waals surface area contributed by atoms with Crippen LogP contribution < -0.4 is 10.5 Å². The van der Waals surface area contributed by atoms with E-state index in [4.69, 9.17) is 5.73 Å². The van der Waals surface area contributed by atoms with Crippen LogP contribution in [0.4, 0.5) is 0 Å². The standard InChI is InChI=1S/C10H24N2O4S2/c1-4-9(5-2)10(11)8-12-18(15,16)7-6-17(3,13)14/h9-10,12H,4-8,11H2,1-3H3. The predicted octanol–water partition coefficient (Wildman–Crippen LogP) is -0.286. The lowest BCUT2D eigenvalue weighted by Crippen LogP contribution is -2.43. The Morgan fingerprint density at radius 1 is 1.06 bits per heavy atom. The van der Waals surface area contributed by atoms with Gasteiger partial charge in [-0.25, -0.2) is 21.6 Å². The van der Waals surface area contributed by atoms with E-state index in [9.17, 15) is 16.8 Å². The summed E-state index contributed by atoms with van der Waals surface area (Å²) in [7, 11) is -6.84. The van der Waals surface area contributed by atoms with Crippen LogP contribution in [0.25, 0.3) is 0 Å². The maximum atomic E-state index is 11.5. The van der Waals surface area contributed by atoms with E-state index in [0.717, 1.165) is 19.1 Å². The van der Waals surface area contributed by atoms with Gasteiger partial charge in [-0.2, -0.15) is 0 Å². The van der Waals surface area contributed by atoms with Crippen molar-refractivity contribution in [2.45, 2.75) is 32.7 Å². The van der Waals surface area contributed by atoms with Gasteiger partial charge in [0.25, 0.3) is 0 Å². The Bertz CT molecular complexity index is 427. The number of sulfonamides is 1. The Morgan fingerprint density at radius 2 is 1.56 bits per heavy atom. The van der Waals surface area contributed by atoms with Gasteiger partial charge < -0.3 is 5.73 Å². The molecule has 3 N–H and O–H groups in total. The predicted molar refractivity (Wildman–Crippen MR) is 73.5 cm³/mol. The van der Waals surface area contributed by atoms with Crippen LogP contribution in [-0.4, -0.2) is 47.2 Å². The fraction of sp³-hybridized carbons (Fsp3) is 1.00. The molecule has 0 aromatic rings. The van der Waals surface area contributed by atoms with Crippen molar-refractivity contribution in [1.29, 1.82) is 0 Å². The van der Waals surface area contributed by atoms with Gasteiger partial charge in [-0.15, -0.1) is 0 Å². The van der Waals surface area contributed by atoms with Gasteiger partial charge in [0.2, 0.25) is 10.0 Å².